The van der Waals surface area contributed by atoms with Crippen LogP contribution < -0.4 is 14.8 Å². The van der Waals surface area contributed by atoms with Crippen molar-refractivity contribution in [3.63, 3.8) is 0 Å². The Balaban J connectivity index is 1.92. The molecule has 0 heterocycles. The van der Waals surface area contributed by atoms with Crippen LogP contribution in [0.5, 0.6) is 11.5 Å². The molecule has 6 nitrogen and oxygen atoms in total. The van der Waals surface area contributed by atoms with E-state index in [1.165, 1.54) is 6.08 Å². The van der Waals surface area contributed by atoms with E-state index in [0.29, 0.717) is 35.3 Å². The lowest BCUT2D eigenvalue weighted by atomic mass is 10.1. The highest BCUT2D eigenvalue weighted by molar-refractivity contribution is 6.02. The summed E-state index contributed by atoms with van der Waals surface area (Å²) in [6, 6.07) is 12.0. The second kappa shape index (κ2) is 10.9. The van der Waals surface area contributed by atoms with Crippen LogP contribution in [0.4, 0.5) is 5.69 Å². The number of anilines is 1. The minimum Gasteiger partial charge on any atom is -0.493 e. The minimum absolute atomic E-state index is 0.285. The molecule has 0 aliphatic rings. The van der Waals surface area contributed by atoms with Crippen molar-refractivity contribution in [1.82, 2.24) is 0 Å². The Bertz CT molecular complexity index is 856. The smallest absolute Gasteiger partial charge is 0.338 e. The predicted octanol–water partition coefficient (Wildman–Crippen LogP) is 4.56. The number of hydrogen-bond donors (Lipinski definition) is 1. The van der Waals surface area contributed by atoms with Gasteiger partial charge in [-0.1, -0.05) is 19.9 Å². The van der Waals surface area contributed by atoms with Crippen LogP contribution in [0.1, 0.15) is 36.2 Å². The SMILES string of the molecule is COc1ccc(C=CC(=O)Nc2ccc(C(=O)OCCC(C)C)cc2)cc1OC. The molecule has 0 atom stereocenters. The Labute approximate surface area is 171 Å². The highest BCUT2D eigenvalue weighted by Gasteiger charge is 2.08. The van der Waals surface area contributed by atoms with E-state index in [2.05, 4.69) is 19.2 Å². The van der Waals surface area contributed by atoms with Crippen molar-refractivity contribution >= 4 is 23.6 Å². The highest BCUT2D eigenvalue weighted by Crippen LogP contribution is 2.28. The van der Waals surface area contributed by atoms with Gasteiger partial charge in [-0.3, -0.25) is 4.79 Å². The summed E-state index contributed by atoms with van der Waals surface area (Å²) < 4.78 is 15.7. The molecule has 0 aliphatic heterocycles. The molecule has 0 aromatic heterocycles. The van der Waals surface area contributed by atoms with E-state index in [0.717, 1.165) is 12.0 Å². The summed E-state index contributed by atoms with van der Waals surface area (Å²) in [5.41, 5.74) is 1.84. The van der Waals surface area contributed by atoms with Crippen molar-refractivity contribution < 1.29 is 23.8 Å². The Morgan fingerprint density at radius 2 is 1.69 bits per heavy atom. The normalized spacial score (nSPS) is 10.8. The summed E-state index contributed by atoms with van der Waals surface area (Å²) in [4.78, 5) is 24.1. The van der Waals surface area contributed by atoms with Gasteiger partial charge in [0.15, 0.2) is 11.5 Å². The second-order valence-corrected chi connectivity index (χ2v) is 6.83. The zero-order valence-corrected chi connectivity index (χ0v) is 17.2. The number of nitrogens with one attached hydrogen (secondary N) is 1. The fourth-order valence-corrected chi connectivity index (χ4v) is 2.47. The first-order valence-electron chi connectivity index (χ1n) is 9.41. The van der Waals surface area contributed by atoms with Gasteiger partial charge in [-0.05, 0) is 60.4 Å². The maximum Gasteiger partial charge on any atom is 0.338 e. The van der Waals surface area contributed by atoms with E-state index in [1.54, 1.807) is 56.7 Å². The zero-order valence-electron chi connectivity index (χ0n) is 17.2. The third-order valence-corrected chi connectivity index (χ3v) is 4.15. The third kappa shape index (κ3) is 6.99. The summed E-state index contributed by atoms with van der Waals surface area (Å²) in [7, 11) is 3.12. The number of esters is 1. The third-order valence-electron chi connectivity index (χ3n) is 4.15. The fraction of sp³-hybridized carbons (Fsp3) is 0.304. The van der Waals surface area contributed by atoms with Crippen LogP contribution in [0.15, 0.2) is 48.5 Å². The molecular formula is C23H27NO5. The molecule has 0 spiro atoms. The van der Waals surface area contributed by atoms with Gasteiger partial charge in [0.25, 0.3) is 0 Å². The van der Waals surface area contributed by atoms with Crippen LogP contribution in [0.2, 0.25) is 0 Å². The second-order valence-electron chi connectivity index (χ2n) is 6.83. The molecule has 154 valence electrons. The molecule has 1 amide bonds. The van der Waals surface area contributed by atoms with Gasteiger partial charge in [0, 0.05) is 11.8 Å². The average molecular weight is 397 g/mol. The topological polar surface area (TPSA) is 73.9 Å². The van der Waals surface area contributed by atoms with Crippen molar-refractivity contribution in [2.45, 2.75) is 20.3 Å². The van der Waals surface area contributed by atoms with Gasteiger partial charge in [0.2, 0.25) is 5.91 Å². The molecule has 0 bridgehead atoms. The van der Waals surface area contributed by atoms with Gasteiger partial charge in [-0.2, -0.15) is 0 Å². The Morgan fingerprint density at radius 1 is 1.00 bits per heavy atom. The standard InChI is InChI=1S/C23H27NO5/c1-16(2)13-14-29-23(26)18-7-9-19(10-8-18)24-22(25)12-6-17-5-11-20(27-3)21(15-17)28-4/h5-12,15-16H,13-14H2,1-4H3,(H,24,25). The molecule has 0 saturated carbocycles. The van der Waals surface area contributed by atoms with Crippen LogP contribution in [0, 0.1) is 5.92 Å². The summed E-state index contributed by atoms with van der Waals surface area (Å²) in [6.07, 6.45) is 3.93. The van der Waals surface area contributed by atoms with Crippen LogP contribution >= 0.6 is 0 Å². The van der Waals surface area contributed by atoms with E-state index >= 15 is 0 Å². The first kappa shape index (κ1) is 22.0. The maximum atomic E-state index is 12.1. The first-order valence-corrected chi connectivity index (χ1v) is 9.41. The van der Waals surface area contributed by atoms with Gasteiger partial charge < -0.3 is 19.5 Å². The van der Waals surface area contributed by atoms with Crippen molar-refractivity contribution in [2.24, 2.45) is 5.92 Å². The molecule has 6 heteroatoms. The van der Waals surface area contributed by atoms with E-state index in [9.17, 15) is 9.59 Å². The number of rotatable bonds is 9. The van der Waals surface area contributed by atoms with Crippen LogP contribution in [0.25, 0.3) is 6.08 Å². The monoisotopic (exact) mass is 397 g/mol. The van der Waals surface area contributed by atoms with Crippen molar-refractivity contribution in [3.8, 4) is 11.5 Å². The number of carbonyl (C=O) groups excluding carboxylic acids is 2. The molecule has 0 saturated heterocycles. The number of benzene rings is 2. The lowest BCUT2D eigenvalue weighted by Gasteiger charge is -2.08. The summed E-state index contributed by atoms with van der Waals surface area (Å²) in [6.45, 7) is 4.55. The number of methoxy groups -OCH3 is 2. The number of carbonyl (C=O) groups is 2. The van der Waals surface area contributed by atoms with Gasteiger partial charge >= 0.3 is 5.97 Å². The lowest BCUT2D eigenvalue weighted by Crippen LogP contribution is -2.10. The zero-order chi connectivity index (χ0) is 21.2. The summed E-state index contributed by atoms with van der Waals surface area (Å²) in [5, 5.41) is 2.75. The fourth-order valence-electron chi connectivity index (χ4n) is 2.47. The van der Waals surface area contributed by atoms with Gasteiger partial charge in [-0.25, -0.2) is 4.79 Å². The Hall–Kier alpha value is -3.28. The summed E-state index contributed by atoms with van der Waals surface area (Å²) in [5.74, 6) is 1.04. The van der Waals surface area contributed by atoms with E-state index in [4.69, 9.17) is 14.2 Å². The minimum atomic E-state index is -0.364. The molecule has 2 rings (SSSR count). The molecule has 0 unspecified atom stereocenters. The quantitative estimate of drug-likeness (QED) is 0.496. The molecule has 2 aromatic rings. The van der Waals surface area contributed by atoms with Crippen molar-refractivity contribution in [3.05, 3.63) is 59.7 Å². The maximum absolute atomic E-state index is 12.1. The Morgan fingerprint density at radius 3 is 2.31 bits per heavy atom. The summed E-state index contributed by atoms with van der Waals surface area (Å²) >= 11 is 0. The molecule has 1 N–H and O–H groups in total. The Kier molecular flexibility index (Phi) is 8.27. The van der Waals surface area contributed by atoms with Crippen LogP contribution in [-0.4, -0.2) is 32.7 Å². The molecule has 0 aliphatic carbocycles. The van der Waals surface area contributed by atoms with Crippen LogP contribution in [-0.2, 0) is 9.53 Å². The number of ether oxygens (including phenoxy) is 3. The number of amides is 1. The molecule has 0 radical (unpaired) electrons. The van der Waals surface area contributed by atoms with Crippen molar-refractivity contribution in [1.29, 1.82) is 0 Å². The molecule has 29 heavy (non-hydrogen) atoms. The highest BCUT2D eigenvalue weighted by atomic mass is 16.5. The van der Waals surface area contributed by atoms with Gasteiger partial charge in [0.05, 0.1) is 26.4 Å². The van der Waals surface area contributed by atoms with Crippen LogP contribution in [0.3, 0.4) is 0 Å². The number of hydrogen-bond acceptors (Lipinski definition) is 5. The first-order chi connectivity index (χ1) is 13.9. The van der Waals surface area contributed by atoms with E-state index in [-0.39, 0.29) is 11.9 Å². The molecule has 0 fully saturated rings. The largest absolute Gasteiger partial charge is 0.493 e. The van der Waals surface area contributed by atoms with Gasteiger partial charge in [-0.15, -0.1) is 0 Å². The predicted molar refractivity (Wildman–Crippen MR) is 113 cm³/mol. The molecule has 2 aromatic carbocycles. The van der Waals surface area contributed by atoms with Crippen molar-refractivity contribution in [2.75, 3.05) is 26.1 Å². The molecular weight excluding hydrogens is 370 g/mol. The van der Waals surface area contributed by atoms with E-state index in [1.807, 2.05) is 6.07 Å². The lowest BCUT2D eigenvalue weighted by molar-refractivity contribution is -0.111. The average Bonchev–Trinajstić information content (AvgIpc) is 2.72. The van der Waals surface area contributed by atoms with Gasteiger partial charge in [0.1, 0.15) is 0 Å². The van der Waals surface area contributed by atoms with E-state index < -0.39 is 0 Å².